The zero-order valence-corrected chi connectivity index (χ0v) is 13.8. The molecule has 0 amide bonds. The standard InChI is InChI=1S/C16H14N2O3.C2H6/c1-12(3-4-13(2)20-10-17)9-16(19)14-5-7-15(8-6-14)21-11-18;1-2/h3-8H,9H2,1-2H3;1-2H3/b12-3+,13-4+;. The molecule has 1 aromatic carbocycles. The normalized spacial score (nSPS) is 10.5. The van der Waals surface area contributed by atoms with Crippen molar-refractivity contribution in [3.8, 4) is 18.3 Å². The Kier molecular flexibility index (Phi) is 10.1. The van der Waals surface area contributed by atoms with E-state index in [0.717, 1.165) is 5.57 Å². The molecule has 0 bridgehead atoms. The van der Waals surface area contributed by atoms with Gasteiger partial charge >= 0.3 is 0 Å². The second-order valence-electron chi connectivity index (χ2n) is 4.30. The summed E-state index contributed by atoms with van der Waals surface area (Å²) in [6, 6.07) is 6.37. The molecule has 0 aliphatic heterocycles. The lowest BCUT2D eigenvalue weighted by Crippen LogP contribution is -1.99. The Morgan fingerprint density at radius 3 is 2.22 bits per heavy atom. The van der Waals surface area contributed by atoms with E-state index in [9.17, 15) is 4.79 Å². The van der Waals surface area contributed by atoms with Crippen LogP contribution in [0.3, 0.4) is 0 Å². The maximum atomic E-state index is 12.0. The first kappa shape index (κ1) is 19.9. The maximum absolute atomic E-state index is 12.0. The van der Waals surface area contributed by atoms with Crippen molar-refractivity contribution in [1.82, 2.24) is 0 Å². The Balaban J connectivity index is 0.00000232. The summed E-state index contributed by atoms with van der Waals surface area (Å²) in [4.78, 5) is 12.0. The molecule has 1 aromatic rings. The molecule has 120 valence electrons. The second kappa shape index (κ2) is 11.6. The predicted molar refractivity (Wildman–Crippen MR) is 87.2 cm³/mol. The monoisotopic (exact) mass is 312 g/mol. The molecule has 0 saturated heterocycles. The summed E-state index contributed by atoms with van der Waals surface area (Å²) in [5.74, 6) is 0.815. The zero-order valence-electron chi connectivity index (χ0n) is 13.8. The van der Waals surface area contributed by atoms with Crippen LogP contribution in [-0.2, 0) is 4.74 Å². The number of ether oxygens (including phenoxy) is 2. The van der Waals surface area contributed by atoms with E-state index in [-0.39, 0.29) is 12.2 Å². The lowest BCUT2D eigenvalue weighted by Gasteiger charge is -2.02. The quantitative estimate of drug-likeness (QED) is 0.334. The predicted octanol–water partition coefficient (Wildman–Crippen LogP) is 4.49. The Morgan fingerprint density at radius 1 is 1.09 bits per heavy atom. The summed E-state index contributed by atoms with van der Waals surface area (Å²) in [7, 11) is 0. The van der Waals surface area contributed by atoms with Crippen LogP contribution in [0.2, 0.25) is 0 Å². The van der Waals surface area contributed by atoms with E-state index in [2.05, 4.69) is 9.47 Å². The van der Waals surface area contributed by atoms with Gasteiger partial charge in [-0.2, -0.15) is 0 Å². The third kappa shape index (κ3) is 8.08. The van der Waals surface area contributed by atoms with Crippen molar-refractivity contribution < 1.29 is 14.3 Å². The van der Waals surface area contributed by atoms with E-state index in [0.29, 0.717) is 17.1 Å². The van der Waals surface area contributed by atoms with Crippen molar-refractivity contribution in [2.75, 3.05) is 0 Å². The largest absolute Gasteiger partial charge is 0.393 e. The molecule has 5 heteroatoms. The molecule has 0 heterocycles. The van der Waals surface area contributed by atoms with E-state index in [1.165, 1.54) is 0 Å². The summed E-state index contributed by atoms with van der Waals surface area (Å²) in [5, 5.41) is 16.7. The highest BCUT2D eigenvalue weighted by Gasteiger charge is 2.06. The van der Waals surface area contributed by atoms with Crippen LogP contribution in [0, 0.1) is 23.0 Å². The molecule has 0 radical (unpaired) electrons. The summed E-state index contributed by atoms with van der Waals surface area (Å²) in [6.45, 7) is 7.48. The van der Waals surface area contributed by atoms with Crippen LogP contribution in [0.15, 0.2) is 47.7 Å². The van der Waals surface area contributed by atoms with Gasteiger partial charge in [0.05, 0.1) is 0 Å². The Hall–Kier alpha value is -3.05. The van der Waals surface area contributed by atoms with Crippen molar-refractivity contribution in [2.45, 2.75) is 34.1 Å². The van der Waals surface area contributed by atoms with Crippen LogP contribution in [-0.4, -0.2) is 5.78 Å². The van der Waals surface area contributed by atoms with Crippen LogP contribution in [0.1, 0.15) is 44.5 Å². The lowest BCUT2D eigenvalue weighted by molar-refractivity contribution is 0.0993. The average molecular weight is 312 g/mol. The van der Waals surface area contributed by atoms with Crippen molar-refractivity contribution in [2.24, 2.45) is 0 Å². The number of hydrogen-bond acceptors (Lipinski definition) is 5. The summed E-state index contributed by atoms with van der Waals surface area (Å²) in [5.41, 5.74) is 1.39. The minimum Gasteiger partial charge on any atom is -0.393 e. The summed E-state index contributed by atoms with van der Waals surface area (Å²) < 4.78 is 9.26. The summed E-state index contributed by atoms with van der Waals surface area (Å²) in [6.07, 6.45) is 6.77. The van der Waals surface area contributed by atoms with Crippen molar-refractivity contribution in [3.05, 3.63) is 53.3 Å². The molecule has 1 rings (SSSR count). The second-order valence-corrected chi connectivity index (χ2v) is 4.30. The highest BCUT2D eigenvalue weighted by Crippen LogP contribution is 2.15. The van der Waals surface area contributed by atoms with Crippen LogP contribution >= 0.6 is 0 Å². The number of ketones is 1. The van der Waals surface area contributed by atoms with Gasteiger partial charge in [0, 0.05) is 12.0 Å². The smallest absolute Gasteiger partial charge is 0.292 e. The highest BCUT2D eigenvalue weighted by molar-refractivity contribution is 5.97. The third-order valence-electron chi connectivity index (χ3n) is 2.59. The number of carbonyl (C=O) groups excluding carboxylic acids is 1. The first-order valence-electron chi connectivity index (χ1n) is 7.16. The van der Waals surface area contributed by atoms with E-state index < -0.39 is 0 Å². The van der Waals surface area contributed by atoms with Gasteiger partial charge < -0.3 is 9.47 Å². The number of nitrogens with zero attached hydrogens (tertiary/aromatic N) is 2. The first-order valence-corrected chi connectivity index (χ1v) is 7.16. The molecule has 0 saturated carbocycles. The molecule has 0 aromatic heterocycles. The number of rotatable bonds is 6. The van der Waals surface area contributed by atoms with E-state index in [1.54, 1.807) is 55.9 Å². The minimum absolute atomic E-state index is 0.0421. The fourth-order valence-electron chi connectivity index (χ4n) is 1.54. The van der Waals surface area contributed by atoms with Gasteiger partial charge in [-0.05, 0) is 44.2 Å². The lowest BCUT2D eigenvalue weighted by atomic mass is 10.0. The number of allylic oxidation sites excluding steroid dienone is 4. The van der Waals surface area contributed by atoms with Gasteiger partial charge in [0.25, 0.3) is 12.5 Å². The maximum Gasteiger partial charge on any atom is 0.292 e. The van der Waals surface area contributed by atoms with E-state index >= 15 is 0 Å². The zero-order chi connectivity index (χ0) is 17.7. The van der Waals surface area contributed by atoms with Gasteiger partial charge in [-0.3, -0.25) is 4.79 Å². The van der Waals surface area contributed by atoms with Crippen LogP contribution < -0.4 is 4.74 Å². The van der Waals surface area contributed by atoms with E-state index in [1.807, 2.05) is 20.8 Å². The number of hydrogen-bond donors (Lipinski definition) is 0. The number of benzene rings is 1. The number of carbonyl (C=O) groups is 1. The van der Waals surface area contributed by atoms with Crippen molar-refractivity contribution >= 4 is 5.78 Å². The van der Waals surface area contributed by atoms with E-state index in [4.69, 9.17) is 10.5 Å². The molecule has 0 spiro atoms. The average Bonchev–Trinajstić information content (AvgIpc) is 2.56. The van der Waals surface area contributed by atoms with Gasteiger partial charge in [-0.15, -0.1) is 10.5 Å². The minimum atomic E-state index is -0.0421. The Labute approximate surface area is 137 Å². The molecule has 23 heavy (non-hydrogen) atoms. The van der Waals surface area contributed by atoms with Crippen LogP contribution in [0.5, 0.6) is 5.75 Å². The molecule has 0 atom stereocenters. The highest BCUT2D eigenvalue weighted by atomic mass is 16.5. The first-order chi connectivity index (χ1) is 11.1. The van der Waals surface area contributed by atoms with Gasteiger partial charge in [-0.25, -0.2) is 0 Å². The molecule has 0 unspecified atom stereocenters. The molecule has 0 aliphatic carbocycles. The van der Waals surface area contributed by atoms with Gasteiger partial charge in [-0.1, -0.05) is 25.5 Å². The van der Waals surface area contributed by atoms with Crippen LogP contribution in [0.25, 0.3) is 0 Å². The fourth-order valence-corrected chi connectivity index (χ4v) is 1.54. The molecule has 0 N–H and O–H groups in total. The van der Waals surface area contributed by atoms with Crippen molar-refractivity contribution in [1.29, 1.82) is 10.5 Å². The SMILES string of the molecule is C/C(=C\C=C(/C)OC#N)CC(=O)c1ccc(OC#N)cc1.CC. The van der Waals surface area contributed by atoms with Crippen LogP contribution in [0.4, 0.5) is 0 Å². The Bertz CT molecular complexity index is 644. The molecule has 0 aliphatic rings. The van der Waals surface area contributed by atoms with Gasteiger partial charge in [0.15, 0.2) is 5.78 Å². The molecule has 5 nitrogen and oxygen atoms in total. The summed E-state index contributed by atoms with van der Waals surface area (Å²) >= 11 is 0. The fraction of sp³-hybridized carbons (Fsp3) is 0.278. The van der Waals surface area contributed by atoms with Gasteiger partial charge in [0.1, 0.15) is 11.5 Å². The Morgan fingerprint density at radius 2 is 1.70 bits per heavy atom. The topological polar surface area (TPSA) is 83.1 Å². The molecule has 0 fully saturated rings. The molecular weight excluding hydrogens is 292 g/mol. The third-order valence-corrected chi connectivity index (χ3v) is 2.59. The van der Waals surface area contributed by atoms with Crippen molar-refractivity contribution in [3.63, 3.8) is 0 Å². The number of Topliss-reactive ketones (excluding diaryl/α,β-unsaturated/α-hetero) is 1. The number of nitriles is 2. The van der Waals surface area contributed by atoms with Gasteiger partial charge in [0.2, 0.25) is 0 Å². The molecular formula is C18H20N2O3.